The Hall–Kier alpha value is -5.92. The molecule has 0 fully saturated rings. The molecule has 0 atom stereocenters. The van der Waals surface area contributed by atoms with Crippen molar-refractivity contribution in [1.82, 2.24) is 19.5 Å². The van der Waals surface area contributed by atoms with E-state index in [1.807, 2.05) is 37.3 Å². The second-order valence-electron chi connectivity index (χ2n) is 19.1. The van der Waals surface area contributed by atoms with Gasteiger partial charge in [0, 0.05) is 42.3 Å². The molecule has 4 heterocycles. The van der Waals surface area contributed by atoms with Crippen molar-refractivity contribution in [1.29, 1.82) is 0 Å². The zero-order chi connectivity index (χ0) is 44.8. The van der Waals surface area contributed by atoms with Crippen molar-refractivity contribution in [2.24, 2.45) is 5.41 Å². The summed E-state index contributed by atoms with van der Waals surface area (Å²) in [4.78, 5) is 14.8. The van der Waals surface area contributed by atoms with E-state index in [0.717, 1.165) is 101 Å². The summed E-state index contributed by atoms with van der Waals surface area (Å²) < 4.78 is 10.4. The first kappa shape index (κ1) is 45.6. The molecule has 7 heteroatoms. The number of hydrogen-bond donors (Lipinski definition) is 0. The van der Waals surface area contributed by atoms with E-state index in [9.17, 15) is 0 Å². The molecule has 10 aromatic rings. The Labute approximate surface area is 399 Å². The quantitative estimate of drug-likeness (QED) is 0.118. The van der Waals surface area contributed by atoms with E-state index in [1.54, 1.807) is 0 Å². The number of benzene rings is 6. The number of para-hydroxylation sites is 3. The van der Waals surface area contributed by atoms with E-state index in [4.69, 9.17) is 19.4 Å². The molecule has 0 aliphatic carbocycles. The largest absolute Gasteiger partial charge is 0.486 e. The standard InChI is InChI=1S/C39H28N3O.C19H26GeN.Ir/c1-24-21-22-31(37-35(24)32-23-25(2)26(3)40-39(32)43-37)38-41-33-19-10-11-20-34(33)42(38)36-29(27-13-6-4-7-14-27)17-12-18-30(36)28-15-8-5-9-16-28;1-19(2,3)13-16-12-18(15-10-8-7-9-11-15)21-14-17(16)20(4,5)6;/h4-21,23H,1-3H3;7-10,12,14H,13H2,1-6H3;/q2*-1;. The van der Waals surface area contributed by atoms with Gasteiger partial charge in [-0.2, -0.15) is 0 Å². The Morgan fingerprint density at radius 3 is 1.97 bits per heavy atom. The van der Waals surface area contributed by atoms with Crippen molar-refractivity contribution >= 4 is 50.8 Å². The average Bonchev–Trinajstić information content (AvgIpc) is 3.85. The molecule has 0 aliphatic heterocycles. The van der Waals surface area contributed by atoms with Gasteiger partial charge in [0.2, 0.25) is 5.71 Å². The van der Waals surface area contributed by atoms with Crippen LogP contribution in [0.1, 0.15) is 43.2 Å². The number of rotatable bonds is 7. The molecule has 5 nitrogen and oxygen atoms in total. The van der Waals surface area contributed by atoms with Gasteiger partial charge in [0.25, 0.3) is 0 Å². The number of imidazole rings is 1. The summed E-state index contributed by atoms with van der Waals surface area (Å²) in [5, 5.41) is 2.07. The molecule has 65 heavy (non-hydrogen) atoms. The Kier molecular flexibility index (Phi) is 13.0. The summed E-state index contributed by atoms with van der Waals surface area (Å²) in [7, 11) is 0. The minimum Gasteiger partial charge on any atom is -0.486 e. The van der Waals surface area contributed by atoms with Crippen LogP contribution in [-0.4, -0.2) is 32.8 Å². The molecule has 10 rings (SSSR count). The van der Waals surface area contributed by atoms with Crippen LogP contribution in [0.5, 0.6) is 0 Å². The summed E-state index contributed by atoms with van der Waals surface area (Å²) in [6.07, 6.45) is 3.24. The molecule has 0 N–H and O–H groups in total. The van der Waals surface area contributed by atoms with Gasteiger partial charge < -0.3 is 8.98 Å². The number of pyridine rings is 2. The van der Waals surface area contributed by atoms with Crippen molar-refractivity contribution in [3.63, 3.8) is 0 Å². The second-order valence-corrected chi connectivity index (χ2v) is 29.7. The molecule has 327 valence electrons. The third kappa shape index (κ3) is 9.31. The summed E-state index contributed by atoms with van der Waals surface area (Å²) in [6.45, 7) is 13.1. The average molecular weight is 1090 g/mol. The van der Waals surface area contributed by atoms with Gasteiger partial charge >= 0.3 is 132 Å². The summed E-state index contributed by atoms with van der Waals surface area (Å²) >= 11 is -1.90. The van der Waals surface area contributed by atoms with Crippen LogP contribution in [0.15, 0.2) is 156 Å². The van der Waals surface area contributed by atoms with E-state index < -0.39 is 13.3 Å². The first-order valence-corrected chi connectivity index (χ1v) is 29.5. The van der Waals surface area contributed by atoms with E-state index >= 15 is 0 Å². The number of fused-ring (bicyclic) bond motifs is 4. The molecular weight excluding hydrogens is 1030 g/mol. The van der Waals surface area contributed by atoms with Gasteiger partial charge in [-0.25, -0.2) is 4.98 Å². The summed E-state index contributed by atoms with van der Waals surface area (Å²) in [6, 6.07) is 57.4. The van der Waals surface area contributed by atoms with E-state index in [-0.39, 0.29) is 20.1 Å². The topological polar surface area (TPSA) is 56.7 Å². The first-order valence-electron chi connectivity index (χ1n) is 22.2. The van der Waals surface area contributed by atoms with Crippen molar-refractivity contribution in [3.8, 4) is 50.6 Å². The maximum atomic E-state index is 6.58. The number of nitrogens with zero attached hydrogens (tertiary/aromatic N) is 4. The fourth-order valence-electron chi connectivity index (χ4n) is 8.76. The van der Waals surface area contributed by atoms with Crippen molar-refractivity contribution in [3.05, 3.63) is 186 Å². The van der Waals surface area contributed by atoms with Crippen LogP contribution in [0.25, 0.3) is 83.7 Å². The third-order valence-corrected chi connectivity index (χ3v) is 16.2. The van der Waals surface area contributed by atoms with Gasteiger partial charge in [0.1, 0.15) is 0 Å². The van der Waals surface area contributed by atoms with Crippen LogP contribution in [0.4, 0.5) is 0 Å². The zero-order valence-electron chi connectivity index (χ0n) is 38.7. The molecule has 6 aromatic carbocycles. The SMILES string of the molecule is CC(C)(C)Cc1cc(-c2[c-]cccc2)nc[c]1[Ge]([CH3])([CH3])[CH3].Cc1cc2c(nc1C)oc1c(-c3nc4ccccc4n3-c3c(-c4ccccc4)cccc3-c3ccccc3)[c-]cc(C)c12.[Ir]. The maximum Gasteiger partial charge on any atom is 0.216 e. The second kappa shape index (κ2) is 18.5. The van der Waals surface area contributed by atoms with Crippen LogP contribution in [-0.2, 0) is 26.5 Å². The fourth-order valence-corrected chi connectivity index (χ4v) is 12.1. The monoisotopic (exact) mass is 1090 g/mol. The predicted molar refractivity (Wildman–Crippen MR) is 270 cm³/mol. The Bertz CT molecular complexity index is 3230. The molecular formula is C58H54GeIrN4O-2. The molecule has 4 aromatic heterocycles. The number of aromatic nitrogens is 4. The van der Waals surface area contributed by atoms with Crippen LogP contribution in [0, 0.1) is 38.3 Å². The smallest absolute Gasteiger partial charge is 0.216 e. The zero-order valence-corrected chi connectivity index (χ0v) is 43.2. The Morgan fingerprint density at radius 1 is 0.692 bits per heavy atom. The van der Waals surface area contributed by atoms with Gasteiger partial charge in [-0.15, -0.1) is 17.7 Å². The Balaban J connectivity index is 0.000000222. The van der Waals surface area contributed by atoms with Gasteiger partial charge in [0.05, 0.1) is 28.1 Å². The van der Waals surface area contributed by atoms with Gasteiger partial charge in [0.15, 0.2) is 0 Å². The molecule has 1 radical (unpaired) electrons. The summed E-state index contributed by atoms with van der Waals surface area (Å²) in [5.41, 5.74) is 16.8. The minimum atomic E-state index is -1.90. The predicted octanol–water partition coefficient (Wildman–Crippen LogP) is 14.7. The van der Waals surface area contributed by atoms with Crippen molar-refractivity contribution in [2.75, 3.05) is 0 Å². The fraction of sp³-hybridized carbons (Fsp3) is 0.190. The molecule has 0 unspecified atom stereocenters. The van der Waals surface area contributed by atoms with Crippen LogP contribution < -0.4 is 4.40 Å². The molecule has 0 amide bonds. The molecule has 0 saturated carbocycles. The summed E-state index contributed by atoms with van der Waals surface area (Å²) in [5.74, 6) is 8.10. The van der Waals surface area contributed by atoms with Gasteiger partial charge in [-0.3, -0.25) is 4.98 Å². The number of furan rings is 1. The molecule has 0 spiro atoms. The number of aryl methyl sites for hydroxylation is 3. The maximum absolute atomic E-state index is 6.58. The molecule has 0 aliphatic rings. The van der Waals surface area contributed by atoms with Crippen LogP contribution in [0.3, 0.4) is 0 Å². The van der Waals surface area contributed by atoms with Crippen molar-refractivity contribution in [2.45, 2.75) is 65.2 Å². The van der Waals surface area contributed by atoms with Crippen LogP contribution in [0.2, 0.25) is 17.3 Å². The Morgan fingerprint density at radius 2 is 1.34 bits per heavy atom. The third-order valence-electron chi connectivity index (χ3n) is 11.9. The first-order chi connectivity index (χ1) is 30.7. The van der Waals surface area contributed by atoms with E-state index in [2.05, 4.69) is 190 Å². The molecule has 0 saturated heterocycles. The van der Waals surface area contributed by atoms with E-state index in [0.29, 0.717) is 11.1 Å². The van der Waals surface area contributed by atoms with Gasteiger partial charge in [-0.05, 0) is 48.7 Å². The van der Waals surface area contributed by atoms with Gasteiger partial charge in [-0.1, -0.05) is 109 Å². The number of hydrogen-bond acceptors (Lipinski definition) is 4. The van der Waals surface area contributed by atoms with E-state index in [1.165, 1.54) is 9.96 Å². The minimum absolute atomic E-state index is 0. The van der Waals surface area contributed by atoms with Crippen LogP contribution >= 0.6 is 0 Å². The molecule has 0 bridgehead atoms. The van der Waals surface area contributed by atoms with Crippen molar-refractivity contribution < 1.29 is 24.5 Å². The normalized spacial score (nSPS) is 11.7.